The molecular formula is C10H25NO3Si. The van der Waals surface area contributed by atoms with Crippen LogP contribution < -0.4 is 5.32 Å². The zero-order valence-corrected chi connectivity index (χ0v) is 11.5. The van der Waals surface area contributed by atoms with Gasteiger partial charge in [-0.1, -0.05) is 13.3 Å². The minimum atomic E-state index is -2.36. The summed E-state index contributed by atoms with van der Waals surface area (Å²) in [6.45, 7) is 3.86. The van der Waals surface area contributed by atoms with Gasteiger partial charge in [0.2, 0.25) is 0 Å². The smallest absolute Gasteiger partial charge is 0.377 e. The predicted molar refractivity (Wildman–Crippen MR) is 64.0 cm³/mol. The van der Waals surface area contributed by atoms with E-state index in [4.69, 9.17) is 13.3 Å². The first kappa shape index (κ1) is 15.1. The van der Waals surface area contributed by atoms with E-state index in [1.807, 2.05) is 7.05 Å². The summed E-state index contributed by atoms with van der Waals surface area (Å²) >= 11 is 0. The molecule has 0 unspecified atom stereocenters. The minimum Gasteiger partial charge on any atom is -0.377 e. The van der Waals surface area contributed by atoms with Gasteiger partial charge in [-0.25, -0.2) is 0 Å². The molecule has 0 aliphatic rings. The first-order valence-electron chi connectivity index (χ1n) is 5.63. The SMILES string of the molecule is CCCCO[Si](CCCNC)(OC)OC. The molecule has 0 radical (unpaired) electrons. The molecule has 0 bridgehead atoms. The molecule has 1 N–H and O–H groups in total. The van der Waals surface area contributed by atoms with Crippen LogP contribution in [0.15, 0.2) is 0 Å². The van der Waals surface area contributed by atoms with Crippen LogP contribution in [0.1, 0.15) is 26.2 Å². The molecule has 0 saturated heterocycles. The zero-order valence-electron chi connectivity index (χ0n) is 10.5. The Morgan fingerprint density at radius 1 is 1.13 bits per heavy atom. The van der Waals surface area contributed by atoms with Gasteiger partial charge in [0.05, 0.1) is 0 Å². The summed E-state index contributed by atoms with van der Waals surface area (Å²) in [6.07, 6.45) is 3.22. The molecule has 0 fully saturated rings. The van der Waals surface area contributed by atoms with Crippen LogP contribution in [0.4, 0.5) is 0 Å². The first-order valence-corrected chi connectivity index (χ1v) is 7.56. The Bertz CT molecular complexity index is 131. The van der Waals surface area contributed by atoms with Crippen LogP contribution in [0.3, 0.4) is 0 Å². The Hall–Kier alpha value is 0.0569. The molecule has 0 aromatic carbocycles. The topological polar surface area (TPSA) is 39.7 Å². The van der Waals surface area contributed by atoms with Gasteiger partial charge in [0, 0.05) is 26.9 Å². The van der Waals surface area contributed by atoms with Gasteiger partial charge in [0.25, 0.3) is 0 Å². The molecule has 4 nitrogen and oxygen atoms in total. The summed E-state index contributed by atoms with van der Waals surface area (Å²) in [5, 5.41) is 3.11. The average molecular weight is 235 g/mol. The Balaban J connectivity index is 3.93. The summed E-state index contributed by atoms with van der Waals surface area (Å²) in [5.41, 5.74) is 0. The molecule has 0 aliphatic heterocycles. The monoisotopic (exact) mass is 235 g/mol. The van der Waals surface area contributed by atoms with E-state index in [0.29, 0.717) is 0 Å². The summed E-state index contributed by atoms with van der Waals surface area (Å²) in [6, 6.07) is 0.880. The van der Waals surface area contributed by atoms with Gasteiger partial charge in [0.1, 0.15) is 0 Å². The number of hydrogen-bond donors (Lipinski definition) is 1. The molecule has 92 valence electrons. The van der Waals surface area contributed by atoms with Gasteiger partial charge >= 0.3 is 8.80 Å². The lowest BCUT2D eigenvalue weighted by Gasteiger charge is -2.26. The van der Waals surface area contributed by atoms with Gasteiger partial charge in [-0.2, -0.15) is 0 Å². The lowest BCUT2D eigenvalue weighted by atomic mass is 10.4. The van der Waals surface area contributed by atoms with Crippen molar-refractivity contribution in [1.29, 1.82) is 0 Å². The number of hydrogen-bond acceptors (Lipinski definition) is 4. The van der Waals surface area contributed by atoms with Gasteiger partial charge < -0.3 is 18.6 Å². The van der Waals surface area contributed by atoms with E-state index in [1.54, 1.807) is 14.2 Å². The molecule has 0 saturated carbocycles. The average Bonchev–Trinajstić information content (AvgIpc) is 2.28. The van der Waals surface area contributed by atoms with Crippen molar-refractivity contribution in [2.24, 2.45) is 0 Å². The maximum absolute atomic E-state index is 5.78. The third-order valence-corrected chi connectivity index (χ3v) is 5.21. The third kappa shape index (κ3) is 6.27. The van der Waals surface area contributed by atoms with Crippen molar-refractivity contribution >= 4 is 8.80 Å². The van der Waals surface area contributed by atoms with Crippen molar-refractivity contribution in [2.75, 3.05) is 34.4 Å². The van der Waals surface area contributed by atoms with E-state index in [2.05, 4.69) is 12.2 Å². The van der Waals surface area contributed by atoms with E-state index in [1.165, 1.54) is 0 Å². The Morgan fingerprint density at radius 3 is 2.27 bits per heavy atom. The van der Waals surface area contributed by atoms with E-state index < -0.39 is 8.80 Å². The second-order valence-corrected chi connectivity index (χ2v) is 6.47. The van der Waals surface area contributed by atoms with E-state index in [9.17, 15) is 0 Å². The van der Waals surface area contributed by atoms with Gasteiger partial charge in [-0.05, 0) is 26.4 Å². The molecule has 0 rings (SSSR count). The second-order valence-electron chi connectivity index (χ2n) is 3.50. The van der Waals surface area contributed by atoms with Crippen molar-refractivity contribution in [1.82, 2.24) is 5.32 Å². The number of rotatable bonds is 10. The number of nitrogens with one attached hydrogen (secondary N) is 1. The lowest BCUT2D eigenvalue weighted by Crippen LogP contribution is -2.44. The highest BCUT2D eigenvalue weighted by Gasteiger charge is 2.37. The fourth-order valence-corrected chi connectivity index (χ4v) is 3.35. The summed E-state index contributed by atoms with van der Waals surface area (Å²) in [5.74, 6) is 0. The fraction of sp³-hybridized carbons (Fsp3) is 1.00. The van der Waals surface area contributed by atoms with Crippen molar-refractivity contribution in [2.45, 2.75) is 32.2 Å². The predicted octanol–water partition coefficient (Wildman–Crippen LogP) is 1.64. The highest BCUT2D eigenvalue weighted by atomic mass is 28.4. The van der Waals surface area contributed by atoms with Crippen LogP contribution in [0.25, 0.3) is 0 Å². The van der Waals surface area contributed by atoms with Gasteiger partial charge in [-0.3, -0.25) is 0 Å². The Labute approximate surface area is 94.7 Å². The summed E-state index contributed by atoms with van der Waals surface area (Å²) in [7, 11) is 2.95. The maximum Gasteiger partial charge on any atom is 0.500 e. The molecule has 0 aromatic rings. The molecule has 5 heteroatoms. The molecule has 0 heterocycles. The molecule has 0 amide bonds. The quantitative estimate of drug-likeness (QED) is 0.462. The molecule has 0 aromatic heterocycles. The minimum absolute atomic E-state index is 0.740. The largest absolute Gasteiger partial charge is 0.500 e. The van der Waals surface area contributed by atoms with Crippen LogP contribution in [-0.2, 0) is 13.3 Å². The normalized spacial score (nSPS) is 12.0. The van der Waals surface area contributed by atoms with Crippen LogP contribution >= 0.6 is 0 Å². The van der Waals surface area contributed by atoms with Gasteiger partial charge in [-0.15, -0.1) is 0 Å². The van der Waals surface area contributed by atoms with Crippen molar-refractivity contribution in [3.8, 4) is 0 Å². The maximum atomic E-state index is 5.78. The van der Waals surface area contributed by atoms with E-state index in [0.717, 1.165) is 38.5 Å². The standard InChI is InChI=1S/C10H25NO3Si/c1-5-6-9-14-15(12-3,13-4)10-7-8-11-2/h11H,5-10H2,1-4H3. The van der Waals surface area contributed by atoms with E-state index >= 15 is 0 Å². The van der Waals surface area contributed by atoms with E-state index in [-0.39, 0.29) is 0 Å². The summed E-state index contributed by atoms with van der Waals surface area (Å²) in [4.78, 5) is 0. The van der Waals surface area contributed by atoms with Gasteiger partial charge in [0.15, 0.2) is 0 Å². The Kier molecular flexibility index (Phi) is 9.33. The molecular weight excluding hydrogens is 210 g/mol. The van der Waals surface area contributed by atoms with Crippen molar-refractivity contribution < 1.29 is 13.3 Å². The number of unbranched alkanes of at least 4 members (excludes halogenated alkanes) is 1. The molecule has 0 aliphatic carbocycles. The first-order chi connectivity index (χ1) is 7.24. The van der Waals surface area contributed by atoms with Crippen LogP contribution in [0, 0.1) is 0 Å². The Morgan fingerprint density at radius 2 is 1.80 bits per heavy atom. The van der Waals surface area contributed by atoms with Crippen LogP contribution in [0.5, 0.6) is 0 Å². The van der Waals surface area contributed by atoms with Crippen LogP contribution in [0.2, 0.25) is 6.04 Å². The fourth-order valence-electron chi connectivity index (χ4n) is 1.33. The lowest BCUT2D eigenvalue weighted by molar-refractivity contribution is 0.0963. The zero-order chi connectivity index (χ0) is 11.6. The molecule has 0 spiro atoms. The van der Waals surface area contributed by atoms with Crippen molar-refractivity contribution in [3.63, 3.8) is 0 Å². The highest BCUT2D eigenvalue weighted by Crippen LogP contribution is 2.16. The molecule has 0 atom stereocenters. The van der Waals surface area contributed by atoms with Crippen molar-refractivity contribution in [3.05, 3.63) is 0 Å². The third-order valence-electron chi connectivity index (χ3n) is 2.35. The second kappa shape index (κ2) is 9.29. The van der Waals surface area contributed by atoms with Crippen LogP contribution in [-0.4, -0.2) is 43.2 Å². The highest BCUT2D eigenvalue weighted by molar-refractivity contribution is 6.60. The summed E-state index contributed by atoms with van der Waals surface area (Å²) < 4.78 is 16.7. The molecule has 15 heavy (non-hydrogen) atoms.